The lowest BCUT2D eigenvalue weighted by atomic mass is 9.87. The number of aromatic amines is 1. The zero-order chi connectivity index (χ0) is 22.9. The number of piperidine rings is 1. The monoisotopic (exact) mass is 447 g/mol. The Balaban J connectivity index is 1.51. The van der Waals surface area contributed by atoms with Crippen LogP contribution in [0.25, 0.3) is 27.8 Å². The summed E-state index contributed by atoms with van der Waals surface area (Å²) in [6.07, 6.45) is 3.96. The molecule has 7 heteroatoms. The van der Waals surface area contributed by atoms with Crippen LogP contribution in [-0.4, -0.2) is 64.9 Å². The van der Waals surface area contributed by atoms with E-state index in [9.17, 15) is 0 Å². The van der Waals surface area contributed by atoms with E-state index in [1.807, 2.05) is 6.07 Å². The van der Waals surface area contributed by atoms with Crippen LogP contribution in [0.5, 0.6) is 5.88 Å². The second-order valence-electron chi connectivity index (χ2n) is 9.30. The number of pyridine rings is 1. The molecule has 0 aliphatic carbocycles. The number of likely N-dealkylation sites (tertiary alicyclic amines) is 1. The SMILES string of the molecule is COCCN1CCC(c2ccc3[nH]c(-c4cc(OC)n5ncnc5c4)c(C(C)C)c3c2)CC1. The Morgan fingerprint density at radius 3 is 2.67 bits per heavy atom. The van der Waals surface area contributed by atoms with Crippen molar-refractivity contribution < 1.29 is 9.47 Å². The van der Waals surface area contributed by atoms with Gasteiger partial charge in [-0.3, -0.25) is 0 Å². The second-order valence-corrected chi connectivity index (χ2v) is 9.30. The minimum atomic E-state index is 0.375. The highest BCUT2D eigenvalue weighted by molar-refractivity contribution is 5.92. The molecule has 0 saturated carbocycles. The van der Waals surface area contributed by atoms with E-state index in [2.05, 4.69) is 58.1 Å². The number of ether oxygens (including phenoxy) is 2. The normalized spacial score (nSPS) is 15.8. The van der Waals surface area contributed by atoms with Crippen LogP contribution in [0.15, 0.2) is 36.7 Å². The van der Waals surface area contributed by atoms with E-state index in [0.717, 1.165) is 43.1 Å². The summed E-state index contributed by atoms with van der Waals surface area (Å²) >= 11 is 0. The van der Waals surface area contributed by atoms with Crippen molar-refractivity contribution in [2.75, 3.05) is 40.5 Å². The molecule has 4 aromatic rings. The van der Waals surface area contributed by atoms with Gasteiger partial charge in [0, 0.05) is 36.2 Å². The zero-order valence-corrected chi connectivity index (χ0v) is 20.0. The fourth-order valence-electron chi connectivity index (χ4n) is 5.21. The molecular weight excluding hydrogens is 414 g/mol. The number of nitrogens with zero attached hydrogens (tertiary/aromatic N) is 4. The summed E-state index contributed by atoms with van der Waals surface area (Å²) in [5.41, 5.74) is 6.95. The first-order chi connectivity index (χ1) is 16.1. The number of methoxy groups -OCH3 is 2. The maximum absolute atomic E-state index is 5.59. The zero-order valence-electron chi connectivity index (χ0n) is 20.0. The van der Waals surface area contributed by atoms with Crippen LogP contribution in [0, 0.1) is 0 Å². The van der Waals surface area contributed by atoms with E-state index in [1.165, 1.54) is 34.9 Å². The molecule has 1 N–H and O–H groups in total. The van der Waals surface area contributed by atoms with Gasteiger partial charge in [-0.05, 0) is 67.1 Å². The van der Waals surface area contributed by atoms with E-state index in [1.54, 1.807) is 25.1 Å². The van der Waals surface area contributed by atoms with E-state index in [0.29, 0.717) is 17.7 Å². The Labute approximate surface area is 194 Å². The molecule has 0 amide bonds. The number of rotatable bonds is 7. The van der Waals surface area contributed by atoms with Gasteiger partial charge < -0.3 is 19.4 Å². The van der Waals surface area contributed by atoms with Crippen LogP contribution in [0.4, 0.5) is 0 Å². The fourth-order valence-corrected chi connectivity index (χ4v) is 5.21. The first-order valence-corrected chi connectivity index (χ1v) is 11.8. The lowest BCUT2D eigenvalue weighted by Crippen LogP contribution is -2.35. The molecule has 0 spiro atoms. The van der Waals surface area contributed by atoms with Gasteiger partial charge in [-0.25, -0.2) is 4.98 Å². The van der Waals surface area contributed by atoms with Crippen LogP contribution >= 0.6 is 0 Å². The first kappa shape index (κ1) is 21.9. The molecule has 174 valence electrons. The Morgan fingerprint density at radius 2 is 1.94 bits per heavy atom. The molecule has 33 heavy (non-hydrogen) atoms. The summed E-state index contributed by atoms with van der Waals surface area (Å²) in [7, 11) is 3.45. The molecule has 0 unspecified atom stereocenters. The fraction of sp³-hybridized carbons (Fsp3) is 0.462. The first-order valence-electron chi connectivity index (χ1n) is 11.8. The smallest absolute Gasteiger partial charge is 0.216 e. The topological polar surface area (TPSA) is 67.7 Å². The average molecular weight is 448 g/mol. The largest absolute Gasteiger partial charge is 0.481 e. The lowest BCUT2D eigenvalue weighted by Gasteiger charge is -2.32. The van der Waals surface area contributed by atoms with Gasteiger partial charge in [0.2, 0.25) is 5.88 Å². The van der Waals surface area contributed by atoms with Gasteiger partial charge in [-0.1, -0.05) is 19.9 Å². The van der Waals surface area contributed by atoms with E-state index < -0.39 is 0 Å². The third-order valence-electron chi connectivity index (χ3n) is 6.96. The Morgan fingerprint density at radius 1 is 1.12 bits per heavy atom. The Bertz CT molecular complexity index is 1250. The van der Waals surface area contributed by atoms with Crippen molar-refractivity contribution in [3.05, 3.63) is 47.8 Å². The minimum absolute atomic E-state index is 0.375. The van der Waals surface area contributed by atoms with Crippen molar-refractivity contribution in [1.82, 2.24) is 24.5 Å². The standard InChI is InChI=1S/C26H33N5O2/c1-17(2)25-21-13-19(18-7-9-30(10-8-18)11-12-32-3)5-6-22(21)29-26(25)20-14-23-27-16-28-31(23)24(15-20)33-4/h5-6,13-18,29H,7-12H2,1-4H3. The molecule has 0 bridgehead atoms. The molecule has 1 aromatic carbocycles. The molecule has 3 aromatic heterocycles. The third kappa shape index (κ3) is 4.11. The van der Waals surface area contributed by atoms with Crippen molar-refractivity contribution in [2.24, 2.45) is 0 Å². The molecule has 1 saturated heterocycles. The molecule has 5 rings (SSSR count). The highest BCUT2D eigenvalue weighted by Gasteiger charge is 2.23. The number of nitrogens with one attached hydrogen (secondary N) is 1. The highest BCUT2D eigenvalue weighted by Crippen LogP contribution is 2.39. The molecule has 0 radical (unpaired) electrons. The summed E-state index contributed by atoms with van der Waals surface area (Å²) in [5, 5.41) is 5.59. The number of fused-ring (bicyclic) bond motifs is 2. The lowest BCUT2D eigenvalue weighted by molar-refractivity contribution is 0.130. The number of benzene rings is 1. The van der Waals surface area contributed by atoms with Gasteiger partial charge in [0.05, 0.1) is 19.4 Å². The van der Waals surface area contributed by atoms with Crippen molar-refractivity contribution in [1.29, 1.82) is 0 Å². The predicted molar refractivity (Wildman–Crippen MR) is 131 cm³/mol. The van der Waals surface area contributed by atoms with Crippen LogP contribution in [0.3, 0.4) is 0 Å². The van der Waals surface area contributed by atoms with Crippen LogP contribution in [0.2, 0.25) is 0 Å². The Hall–Kier alpha value is -2.90. The van der Waals surface area contributed by atoms with E-state index in [4.69, 9.17) is 9.47 Å². The van der Waals surface area contributed by atoms with Crippen molar-refractivity contribution >= 4 is 16.6 Å². The number of H-pyrrole nitrogens is 1. The number of hydrogen-bond acceptors (Lipinski definition) is 5. The maximum Gasteiger partial charge on any atom is 0.216 e. The third-order valence-corrected chi connectivity index (χ3v) is 6.96. The summed E-state index contributed by atoms with van der Waals surface area (Å²) in [6, 6.07) is 11.1. The van der Waals surface area contributed by atoms with Crippen molar-refractivity contribution in [2.45, 2.75) is 38.5 Å². The molecule has 7 nitrogen and oxygen atoms in total. The van der Waals surface area contributed by atoms with Crippen LogP contribution in [0.1, 0.15) is 49.7 Å². The van der Waals surface area contributed by atoms with E-state index >= 15 is 0 Å². The van der Waals surface area contributed by atoms with Gasteiger partial charge in [-0.15, -0.1) is 0 Å². The highest BCUT2D eigenvalue weighted by atomic mass is 16.5. The molecule has 4 heterocycles. The van der Waals surface area contributed by atoms with Crippen LogP contribution in [-0.2, 0) is 4.74 Å². The minimum Gasteiger partial charge on any atom is -0.481 e. The molecule has 0 atom stereocenters. The summed E-state index contributed by atoms with van der Waals surface area (Å²) < 4.78 is 12.6. The quantitative estimate of drug-likeness (QED) is 0.439. The van der Waals surface area contributed by atoms with Crippen molar-refractivity contribution in [3.63, 3.8) is 0 Å². The predicted octanol–water partition coefficient (Wildman–Crippen LogP) is 4.84. The molecule has 1 fully saturated rings. The van der Waals surface area contributed by atoms with Gasteiger partial charge >= 0.3 is 0 Å². The summed E-state index contributed by atoms with van der Waals surface area (Å²) in [4.78, 5) is 10.6. The summed E-state index contributed by atoms with van der Waals surface area (Å²) in [5.74, 6) is 1.66. The number of aromatic nitrogens is 4. The van der Waals surface area contributed by atoms with Gasteiger partial charge in [0.25, 0.3) is 0 Å². The Kier molecular flexibility index (Phi) is 6.08. The second kappa shape index (κ2) is 9.15. The molecule has 1 aliphatic rings. The van der Waals surface area contributed by atoms with E-state index in [-0.39, 0.29) is 0 Å². The van der Waals surface area contributed by atoms with Gasteiger partial charge in [0.1, 0.15) is 6.33 Å². The van der Waals surface area contributed by atoms with Gasteiger partial charge in [-0.2, -0.15) is 9.61 Å². The summed E-state index contributed by atoms with van der Waals surface area (Å²) in [6.45, 7) is 8.64. The molecule has 1 aliphatic heterocycles. The number of hydrogen-bond donors (Lipinski definition) is 1. The maximum atomic E-state index is 5.59. The van der Waals surface area contributed by atoms with Gasteiger partial charge in [0.15, 0.2) is 5.65 Å². The van der Waals surface area contributed by atoms with Crippen molar-refractivity contribution in [3.8, 4) is 17.1 Å². The average Bonchev–Trinajstić information content (AvgIpc) is 3.46. The molecular formula is C26H33N5O2. The van der Waals surface area contributed by atoms with Crippen LogP contribution < -0.4 is 4.74 Å².